The van der Waals surface area contributed by atoms with E-state index in [4.69, 9.17) is 11.6 Å². The van der Waals surface area contributed by atoms with Crippen molar-refractivity contribution < 1.29 is 14.1 Å². The Hall–Kier alpha value is -1.43. The van der Waals surface area contributed by atoms with Gasteiger partial charge in [0, 0.05) is 10.0 Å². The molecule has 2 rings (SSSR count). The molecule has 0 aliphatic heterocycles. The quantitative estimate of drug-likeness (QED) is 0.814. The van der Waals surface area contributed by atoms with Crippen LogP contribution in [0.4, 0.5) is 10.1 Å². The van der Waals surface area contributed by atoms with E-state index in [9.17, 15) is 9.18 Å². The van der Waals surface area contributed by atoms with Crippen LogP contribution >= 0.6 is 27.5 Å². The molecule has 0 aliphatic rings. The summed E-state index contributed by atoms with van der Waals surface area (Å²) in [5.41, 5.74) is 1.16. The molecule has 0 heterocycles. The van der Waals surface area contributed by atoms with Crippen molar-refractivity contribution in [3.8, 4) is 0 Å². The highest BCUT2D eigenvalue weighted by atomic mass is 79.9. The van der Waals surface area contributed by atoms with Crippen molar-refractivity contribution in [3.63, 3.8) is 0 Å². The molecule has 3 nitrogen and oxygen atoms in total. The van der Waals surface area contributed by atoms with Crippen LogP contribution in [-0.2, 0) is 11.3 Å². The number of anilines is 1. The van der Waals surface area contributed by atoms with Crippen molar-refractivity contribution in [3.05, 3.63) is 63.3 Å². The van der Waals surface area contributed by atoms with Crippen molar-refractivity contribution in [2.75, 3.05) is 18.9 Å². The molecule has 2 aromatic carbocycles. The van der Waals surface area contributed by atoms with E-state index in [0.717, 1.165) is 4.90 Å². The second kappa shape index (κ2) is 7.72. The molecule has 116 valence electrons. The van der Waals surface area contributed by atoms with E-state index in [0.29, 0.717) is 27.3 Å². The number of para-hydroxylation sites is 1. The lowest BCUT2D eigenvalue weighted by molar-refractivity contribution is -0.885. The smallest absolute Gasteiger partial charge is 0.279 e. The van der Waals surface area contributed by atoms with Gasteiger partial charge in [-0.2, -0.15) is 0 Å². The number of hydrogen-bond acceptors (Lipinski definition) is 1. The predicted molar refractivity (Wildman–Crippen MR) is 89.6 cm³/mol. The molecule has 0 aromatic heterocycles. The first-order chi connectivity index (χ1) is 10.5. The number of rotatable bonds is 5. The number of likely N-dealkylation sites (N-methyl/N-ethyl adjacent to an activating group) is 1. The van der Waals surface area contributed by atoms with Gasteiger partial charge in [-0.15, -0.1) is 0 Å². The zero-order valence-electron chi connectivity index (χ0n) is 12.0. The number of halogens is 3. The molecule has 0 radical (unpaired) electrons. The number of nitrogens with one attached hydrogen (secondary N) is 2. The molecule has 0 saturated heterocycles. The van der Waals surface area contributed by atoms with E-state index in [1.807, 2.05) is 7.05 Å². The summed E-state index contributed by atoms with van der Waals surface area (Å²) in [6, 6.07) is 12.0. The van der Waals surface area contributed by atoms with Crippen molar-refractivity contribution in [2.24, 2.45) is 0 Å². The third kappa shape index (κ3) is 4.80. The molecular weight excluding hydrogens is 371 g/mol. The highest BCUT2D eigenvalue weighted by Gasteiger charge is 2.14. The normalized spacial score (nSPS) is 12.0. The first-order valence-electron chi connectivity index (χ1n) is 6.75. The number of carbonyl (C=O) groups excluding carboxylic acids is 1. The van der Waals surface area contributed by atoms with Crippen LogP contribution < -0.4 is 10.2 Å². The molecule has 1 amide bonds. The Morgan fingerprint density at radius 1 is 1.32 bits per heavy atom. The highest BCUT2D eigenvalue weighted by Crippen LogP contribution is 2.20. The molecule has 1 atom stereocenters. The molecule has 22 heavy (non-hydrogen) atoms. The second-order valence-corrected chi connectivity index (χ2v) is 6.40. The average molecular weight is 387 g/mol. The van der Waals surface area contributed by atoms with E-state index in [1.165, 1.54) is 6.07 Å². The molecule has 0 saturated carbocycles. The molecule has 0 bridgehead atoms. The fourth-order valence-electron chi connectivity index (χ4n) is 2.08. The van der Waals surface area contributed by atoms with Gasteiger partial charge in [0.2, 0.25) is 0 Å². The van der Waals surface area contributed by atoms with Crippen LogP contribution in [0.15, 0.2) is 46.9 Å². The molecular formula is C16H16BrClFN2O+. The largest absolute Gasteiger partial charge is 0.326 e. The zero-order valence-corrected chi connectivity index (χ0v) is 14.3. The minimum atomic E-state index is -0.278. The summed E-state index contributed by atoms with van der Waals surface area (Å²) >= 11 is 9.22. The average Bonchev–Trinajstić information content (AvgIpc) is 2.44. The standard InChI is InChI=1S/C16H15BrClFN2O/c1-21(9-11-6-7-12(17)8-14(11)19)10-16(22)20-15-5-3-2-4-13(15)18/h2-8H,9-10H2,1H3,(H,20,22)/p+1. The van der Waals surface area contributed by atoms with Crippen LogP contribution in [0.2, 0.25) is 5.02 Å². The van der Waals surface area contributed by atoms with Crippen LogP contribution in [0.5, 0.6) is 0 Å². The van der Waals surface area contributed by atoms with Gasteiger partial charge in [0.15, 0.2) is 6.54 Å². The highest BCUT2D eigenvalue weighted by molar-refractivity contribution is 9.10. The summed E-state index contributed by atoms with van der Waals surface area (Å²) < 4.78 is 14.5. The third-order valence-corrected chi connectivity index (χ3v) is 3.94. The fraction of sp³-hybridized carbons (Fsp3) is 0.188. The van der Waals surface area contributed by atoms with E-state index in [-0.39, 0.29) is 18.3 Å². The maximum atomic E-state index is 13.8. The molecule has 6 heteroatoms. The van der Waals surface area contributed by atoms with Gasteiger partial charge in [-0.1, -0.05) is 39.7 Å². The summed E-state index contributed by atoms with van der Waals surface area (Å²) in [6.45, 7) is 0.649. The van der Waals surface area contributed by atoms with Gasteiger partial charge >= 0.3 is 0 Å². The lowest BCUT2D eigenvalue weighted by atomic mass is 10.2. The van der Waals surface area contributed by atoms with Crippen molar-refractivity contribution >= 4 is 39.1 Å². The Morgan fingerprint density at radius 2 is 2.05 bits per heavy atom. The van der Waals surface area contributed by atoms with Crippen molar-refractivity contribution in [1.29, 1.82) is 0 Å². The van der Waals surface area contributed by atoms with E-state index < -0.39 is 0 Å². The SMILES string of the molecule is C[NH+](CC(=O)Nc1ccccc1Cl)Cc1ccc(Br)cc1F. The fourth-order valence-corrected chi connectivity index (χ4v) is 2.60. The van der Waals surface area contributed by atoms with Crippen LogP contribution in [0.3, 0.4) is 0 Å². The number of carbonyl (C=O) groups is 1. The van der Waals surface area contributed by atoms with Crippen LogP contribution in [0, 0.1) is 5.82 Å². The van der Waals surface area contributed by atoms with Gasteiger partial charge in [0.1, 0.15) is 12.4 Å². The van der Waals surface area contributed by atoms with Gasteiger partial charge < -0.3 is 10.2 Å². The first-order valence-corrected chi connectivity index (χ1v) is 7.92. The van der Waals surface area contributed by atoms with Crippen molar-refractivity contribution in [1.82, 2.24) is 0 Å². The molecule has 2 N–H and O–H groups in total. The van der Waals surface area contributed by atoms with Gasteiger partial charge in [0.05, 0.1) is 17.8 Å². The Bertz CT molecular complexity index is 681. The number of quaternary nitrogens is 1. The Kier molecular flexibility index (Phi) is 5.94. The molecule has 2 aromatic rings. The zero-order chi connectivity index (χ0) is 16.1. The van der Waals surface area contributed by atoms with Gasteiger partial charge in [-0.05, 0) is 30.3 Å². The van der Waals surface area contributed by atoms with Crippen LogP contribution in [0.1, 0.15) is 5.56 Å². The Morgan fingerprint density at radius 3 is 2.73 bits per heavy atom. The van der Waals surface area contributed by atoms with E-state index >= 15 is 0 Å². The minimum Gasteiger partial charge on any atom is -0.326 e. The lowest BCUT2D eigenvalue weighted by Crippen LogP contribution is -3.08. The first kappa shape index (κ1) is 16.9. The van der Waals surface area contributed by atoms with E-state index in [1.54, 1.807) is 36.4 Å². The van der Waals surface area contributed by atoms with Crippen LogP contribution in [0.25, 0.3) is 0 Å². The molecule has 0 fully saturated rings. The van der Waals surface area contributed by atoms with Gasteiger partial charge in [-0.25, -0.2) is 4.39 Å². The Balaban J connectivity index is 1.92. The lowest BCUT2D eigenvalue weighted by Gasteiger charge is -2.15. The molecule has 1 unspecified atom stereocenters. The number of benzene rings is 2. The summed E-state index contributed by atoms with van der Waals surface area (Å²) in [5.74, 6) is -0.441. The summed E-state index contributed by atoms with van der Waals surface area (Å²) in [5, 5.41) is 3.25. The van der Waals surface area contributed by atoms with Crippen molar-refractivity contribution in [2.45, 2.75) is 6.54 Å². The van der Waals surface area contributed by atoms with E-state index in [2.05, 4.69) is 21.2 Å². The second-order valence-electron chi connectivity index (χ2n) is 5.07. The number of hydrogen-bond donors (Lipinski definition) is 2. The number of amides is 1. The van der Waals surface area contributed by atoms with Crippen LogP contribution in [-0.4, -0.2) is 19.5 Å². The molecule has 0 spiro atoms. The summed E-state index contributed by atoms with van der Waals surface area (Å²) in [4.78, 5) is 12.9. The summed E-state index contributed by atoms with van der Waals surface area (Å²) in [6.07, 6.45) is 0. The third-order valence-electron chi connectivity index (χ3n) is 3.12. The maximum absolute atomic E-state index is 13.8. The summed E-state index contributed by atoms with van der Waals surface area (Å²) in [7, 11) is 1.84. The maximum Gasteiger partial charge on any atom is 0.279 e. The monoisotopic (exact) mass is 385 g/mol. The Labute approximate surface area is 142 Å². The predicted octanol–water partition coefficient (Wildman–Crippen LogP) is 2.90. The molecule has 0 aliphatic carbocycles. The van der Waals surface area contributed by atoms with Gasteiger partial charge in [0.25, 0.3) is 5.91 Å². The minimum absolute atomic E-state index is 0.164. The van der Waals surface area contributed by atoms with Gasteiger partial charge in [-0.3, -0.25) is 4.79 Å². The topological polar surface area (TPSA) is 33.5 Å².